The summed E-state index contributed by atoms with van der Waals surface area (Å²) in [6.45, 7) is 7.37. The molecule has 8 aromatic rings. The summed E-state index contributed by atoms with van der Waals surface area (Å²) in [5.41, 5.74) is 10.3. The van der Waals surface area contributed by atoms with E-state index in [0.29, 0.717) is 11.6 Å². The van der Waals surface area contributed by atoms with E-state index in [1.54, 1.807) is 10.6 Å². The number of furan rings is 1. The Hall–Kier alpha value is -4.36. The maximum absolute atomic E-state index is 6.22. The molecule has 4 aromatic carbocycles. The molecule has 0 unspecified atom stereocenters. The molecule has 0 saturated carbocycles. The van der Waals surface area contributed by atoms with E-state index >= 15 is 0 Å². The molecule has 0 bridgehead atoms. The predicted molar refractivity (Wildman–Crippen MR) is 209 cm³/mol. The zero-order valence-electron chi connectivity index (χ0n) is 30.0. The van der Waals surface area contributed by atoms with Crippen LogP contribution in [0.5, 0.6) is 0 Å². The van der Waals surface area contributed by atoms with Gasteiger partial charge in [0.25, 0.3) is 0 Å². The number of imidazole rings is 1. The van der Waals surface area contributed by atoms with Crippen molar-refractivity contribution >= 4 is 50.8 Å². The second kappa shape index (κ2) is 15.5. The summed E-state index contributed by atoms with van der Waals surface area (Å²) < 4.78 is 10.0. The summed E-state index contributed by atoms with van der Waals surface area (Å²) in [7, 11) is 0. The number of hydrogen-bond donors (Lipinski definition) is 0. The molecule has 8 rings (SSSR count). The van der Waals surface area contributed by atoms with E-state index in [9.17, 15) is 0 Å². The first-order chi connectivity index (χ1) is 24.2. The van der Waals surface area contributed by atoms with E-state index in [4.69, 9.17) is 14.4 Å². The Balaban J connectivity index is 0.000000188. The van der Waals surface area contributed by atoms with Gasteiger partial charge in [-0.25, -0.2) is 4.98 Å². The fourth-order valence-corrected chi connectivity index (χ4v) is 9.99. The first-order valence-electron chi connectivity index (χ1n) is 17.3. The van der Waals surface area contributed by atoms with Crippen LogP contribution in [-0.4, -0.2) is 32.8 Å². The fraction of sp³-hybridized carbons (Fsp3) is 0.205. The zero-order chi connectivity index (χ0) is 34.8. The average molecular weight is 908 g/mol. The van der Waals surface area contributed by atoms with E-state index in [-0.39, 0.29) is 20.1 Å². The Kier molecular flexibility index (Phi) is 11.1. The minimum Gasteiger partial charge on any atom is -0.486 e. The molecule has 0 aliphatic heterocycles. The number of hydrogen-bond acceptors (Lipinski definition) is 4. The summed E-state index contributed by atoms with van der Waals surface area (Å²) in [6.07, 6.45) is 5.03. The average Bonchev–Trinajstić information content (AvgIpc) is 3.68. The molecule has 5 nitrogen and oxygen atoms in total. The number of rotatable bonds is 7. The largest absolute Gasteiger partial charge is 0.486 e. The van der Waals surface area contributed by atoms with Crippen molar-refractivity contribution in [1.82, 2.24) is 19.5 Å². The summed E-state index contributed by atoms with van der Waals surface area (Å²) in [5.74, 6) is 8.84. The first-order valence-corrected chi connectivity index (χ1v) is 24.7. The number of aryl methyl sites for hydroxylation is 1. The molecule has 1 radical (unpaired) electrons. The minimum absolute atomic E-state index is 0. The molecule has 0 saturated heterocycles. The summed E-state index contributed by atoms with van der Waals surface area (Å²) in [6, 6.07) is 41.8. The van der Waals surface area contributed by atoms with Gasteiger partial charge >= 0.3 is 126 Å². The molecule has 0 fully saturated rings. The predicted octanol–water partition coefficient (Wildman–Crippen LogP) is 10.4. The second-order valence-electron chi connectivity index (χ2n) is 14.4. The fourth-order valence-electron chi connectivity index (χ4n) is 6.66. The third-order valence-electron chi connectivity index (χ3n) is 8.99. The molecule has 51 heavy (non-hydrogen) atoms. The van der Waals surface area contributed by atoms with E-state index < -0.39 is 13.3 Å². The number of pyridine rings is 2. The van der Waals surface area contributed by atoms with E-state index in [0.717, 1.165) is 68.6 Å². The Morgan fingerprint density at radius 3 is 2.37 bits per heavy atom. The van der Waals surface area contributed by atoms with Gasteiger partial charge < -0.3 is 8.98 Å². The van der Waals surface area contributed by atoms with Gasteiger partial charge in [-0.2, -0.15) is 0 Å². The van der Waals surface area contributed by atoms with Crippen molar-refractivity contribution in [2.45, 2.75) is 51.0 Å². The quantitative estimate of drug-likeness (QED) is 0.118. The van der Waals surface area contributed by atoms with Crippen LogP contribution in [0.2, 0.25) is 17.3 Å². The van der Waals surface area contributed by atoms with Crippen LogP contribution in [0.1, 0.15) is 30.5 Å². The van der Waals surface area contributed by atoms with Gasteiger partial charge in [0.05, 0.1) is 22.4 Å². The van der Waals surface area contributed by atoms with Crippen LogP contribution in [0.15, 0.2) is 120 Å². The first kappa shape index (κ1) is 36.4. The van der Waals surface area contributed by atoms with Crippen LogP contribution >= 0.6 is 0 Å². The minimum atomic E-state index is -1.86. The number of nitrogens with zero attached hydrogens (tertiary/aromatic N) is 4. The molecule has 0 aliphatic carbocycles. The molecule has 4 aromatic heterocycles. The SMILES string of the molecule is CC(C)Cc1cc(-c2[c-]cccc2)nc[c]1[Ge]([CH3])([CH3])[CH3].Cc1c[c-]c(-c2nc3ccccc3n2Cc2ccccc2)c2oc3ncccc3c12.[Ir]. The molecule has 7 heteroatoms. The van der Waals surface area contributed by atoms with Gasteiger partial charge in [-0.3, -0.25) is 4.98 Å². The second-order valence-corrected chi connectivity index (χ2v) is 24.9. The standard InChI is InChI=1S/C26H18N3O.C18H24GeN.Ir/c1-17-13-14-20(24-23(17)19-10-7-15-27-26(19)30-24)25-28-21-11-5-6-12-22(21)29(25)16-18-8-3-2-4-9-18;1-14(2)11-16-12-18(15-9-7-6-8-10-15)20-13-17(16)19(3,4)5;/h2-13,15H,16H2,1H3;6-9,12-14H,11H2,1-5H3;/q2*-1;. The van der Waals surface area contributed by atoms with E-state index in [1.807, 2.05) is 48.5 Å². The molecular formula is C44H42GeIrN4O-2. The van der Waals surface area contributed by atoms with Crippen molar-refractivity contribution in [2.24, 2.45) is 5.92 Å². The van der Waals surface area contributed by atoms with Crippen LogP contribution < -0.4 is 4.40 Å². The van der Waals surface area contributed by atoms with Gasteiger partial charge in [0.1, 0.15) is 0 Å². The zero-order valence-corrected chi connectivity index (χ0v) is 34.5. The van der Waals surface area contributed by atoms with E-state index in [2.05, 4.69) is 121 Å². The summed E-state index contributed by atoms with van der Waals surface area (Å²) >= 11 is -1.86. The Morgan fingerprint density at radius 2 is 1.63 bits per heavy atom. The molecule has 259 valence electrons. The van der Waals surface area contributed by atoms with Crippen LogP contribution in [0.25, 0.3) is 55.7 Å². The van der Waals surface area contributed by atoms with Crippen LogP contribution in [0, 0.1) is 25.0 Å². The van der Waals surface area contributed by atoms with E-state index in [1.165, 1.54) is 11.1 Å². The monoisotopic (exact) mass is 909 g/mol. The molecule has 0 N–H and O–H groups in total. The summed E-state index contributed by atoms with van der Waals surface area (Å²) in [4.78, 5) is 14.1. The summed E-state index contributed by atoms with van der Waals surface area (Å²) in [5, 5.41) is 2.09. The molecule has 4 heterocycles. The molecule has 0 aliphatic rings. The maximum atomic E-state index is 6.22. The van der Waals surface area contributed by atoms with Gasteiger partial charge in [0, 0.05) is 38.2 Å². The van der Waals surface area contributed by atoms with Crippen molar-refractivity contribution < 1.29 is 24.5 Å². The molecule has 0 spiro atoms. The van der Waals surface area contributed by atoms with Gasteiger partial charge in [-0.15, -0.1) is 17.7 Å². The topological polar surface area (TPSA) is 56.7 Å². The number of aromatic nitrogens is 4. The normalized spacial score (nSPS) is 11.5. The van der Waals surface area contributed by atoms with Crippen LogP contribution in [0.3, 0.4) is 0 Å². The Morgan fingerprint density at radius 1 is 0.863 bits per heavy atom. The maximum Gasteiger partial charge on any atom is 0.216 e. The number of benzene rings is 4. The van der Waals surface area contributed by atoms with Crippen molar-refractivity contribution in [1.29, 1.82) is 0 Å². The number of fused-ring (bicyclic) bond motifs is 4. The molecule has 0 amide bonds. The van der Waals surface area contributed by atoms with Crippen molar-refractivity contribution in [3.8, 4) is 22.6 Å². The third-order valence-corrected chi connectivity index (χ3v) is 13.3. The van der Waals surface area contributed by atoms with Gasteiger partial charge in [0.2, 0.25) is 5.71 Å². The smallest absolute Gasteiger partial charge is 0.216 e. The van der Waals surface area contributed by atoms with Crippen LogP contribution in [0.4, 0.5) is 0 Å². The van der Waals surface area contributed by atoms with Gasteiger partial charge in [-0.05, 0) is 29.8 Å². The van der Waals surface area contributed by atoms with Crippen LogP contribution in [-0.2, 0) is 33.1 Å². The molecular weight excluding hydrogens is 865 g/mol. The van der Waals surface area contributed by atoms with Gasteiger partial charge in [0.15, 0.2) is 0 Å². The van der Waals surface area contributed by atoms with Gasteiger partial charge in [-0.1, -0.05) is 60.3 Å². The number of para-hydroxylation sites is 2. The van der Waals surface area contributed by atoms with Crippen molar-refractivity contribution in [3.63, 3.8) is 0 Å². The van der Waals surface area contributed by atoms with Crippen molar-refractivity contribution in [2.75, 3.05) is 0 Å². The molecule has 0 atom stereocenters. The van der Waals surface area contributed by atoms with Crippen molar-refractivity contribution in [3.05, 3.63) is 144 Å². The third kappa shape index (κ3) is 7.79. The Labute approximate surface area is 316 Å². The Bertz CT molecular complexity index is 2410.